The van der Waals surface area contributed by atoms with E-state index in [0.29, 0.717) is 30.2 Å². The Bertz CT molecular complexity index is 1090. The number of rotatable bonds is 4. The second-order valence-corrected chi connectivity index (χ2v) is 7.70. The fraction of sp³-hybridized carbons (Fsp3) is 0.429. The van der Waals surface area contributed by atoms with Gasteiger partial charge in [-0.2, -0.15) is 13.2 Å². The highest BCUT2D eigenvalue weighted by atomic mass is 19.4. The van der Waals surface area contributed by atoms with Gasteiger partial charge in [-0.05, 0) is 38.0 Å². The Balaban J connectivity index is 1.72. The topological polar surface area (TPSA) is 81.9 Å². The fourth-order valence-electron chi connectivity index (χ4n) is 3.82. The number of alkyl halides is 3. The number of aryl methyl sites for hydroxylation is 2. The number of nitrogens with zero attached hydrogens (tertiary/aromatic N) is 4. The largest absolute Gasteiger partial charge is 0.416 e. The molecule has 31 heavy (non-hydrogen) atoms. The first-order valence-electron chi connectivity index (χ1n) is 9.95. The Morgan fingerprint density at radius 2 is 2.10 bits per heavy atom. The van der Waals surface area contributed by atoms with Crippen LogP contribution in [0.25, 0.3) is 11.0 Å². The Morgan fingerprint density at radius 3 is 2.74 bits per heavy atom. The standard InChI is InChI=1S/C21H22F3N5O2/c1-12-9-26-16(10-25-12)20(30)28-18(13-4-3-7-31-11-13)19-27-15-8-14(21(22,23)24)5-6-17(15)29(19)2/h5-6,8-10,13,18H,3-4,7,11H2,1-2H3,(H,28,30). The minimum absolute atomic E-state index is 0.0753. The molecular weight excluding hydrogens is 411 g/mol. The van der Waals surface area contributed by atoms with E-state index in [0.717, 1.165) is 25.0 Å². The van der Waals surface area contributed by atoms with Crippen LogP contribution in [-0.4, -0.2) is 38.6 Å². The summed E-state index contributed by atoms with van der Waals surface area (Å²) in [6.45, 7) is 2.82. The van der Waals surface area contributed by atoms with Gasteiger partial charge in [-0.25, -0.2) is 9.97 Å². The number of aromatic nitrogens is 4. The molecule has 1 aliphatic rings. The smallest absolute Gasteiger partial charge is 0.381 e. The molecule has 0 radical (unpaired) electrons. The Morgan fingerprint density at radius 1 is 1.29 bits per heavy atom. The predicted octanol–water partition coefficient (Wildman–Crippen LogP) is 3.59. The summed E-state index contributed by atoms with van der Waals surface area (Å²) < 4.78 is 46.7. The van der Waals surface area contributed by atoms with Gasteiger partial charge in [0, 0.05) is 25.8 Å². The Labute approximate surface area is 176 Å². The van der Waals surface area contributed by atoms with Gasteiger partial charge in [0.05, 0.1) is 41.1 Å². The normalized spacial score (nSPS) is 18.2. The lowest BCUT2D eigenvalue weighted by atomic mass is 9.93. The summed E-state index contributed by atoms with van der Waals surface area (Å²) in [5, 5.41) is 2.96. The summed E-state index contributed by atoms with van der Waals surface area (Å²) >= 11 is 0. The minimum Gasteiger partial charge on any atom is -0.381 e. The lowest BCUT2D eigenvalue weighted by molar-refractivity contribution is -0.137. The van der Waals surface area contributed by atoms with Gasteiger partial charge in [-0.3, -0.25) is 9.78 Å². The summed E-state index contributed by atoms with van der Waals surface area (Å²) in [4.78, 5) is 25.6. The first kappa shape index (κ1) is 21.2. The van der Waals surface area contributed by atoms with Crippen molar-refractivity contribution in [1.29, 1.82) is 0 Å². The summed E-state index contributed by atoms with van der Waals surface area (Å²) in [5.41, 5.74) is 0.851. The molecule has 164 valence electrons. The zero-order valence-corrected chi connectivity index (χ0v) is 17.1. The number of hydrogen-bond acceptors (Lipinski definition) is 5. The van der Waals surface area contributed by atoms with Gasteiger partial charge in [0.2, 0.25) is 0 Å². The highest BCUT2D eigenvalue weighted by Crippen LogP contribution is 2.34. The number of nitrogens with one attached hydrogen (secondary N) is 1. The van der Waals surface area contributed by atoms with Crippen molar-refractivity contribution in [3.8, 4) is 0 Å². The maximum Gasteiger partial charge on any atom is 0.416 e. The van der Waals surface area contributed by atoms with Crippen LogP contribution >= 0.6 is 0 Å². The average Bonchev–Trinajstić information content (AvgIpc) is 3.08. The van der Waals surface area contributed by atoms with Crippen molar-refractivity contribution in [3.05, 3.63) is 53.4 Å². The third-order valence-corrected chi connectivity index (χ3v) is 5.49. The minimum atomic E-state index is -4.46. The van der Waals surface area contributed by atoms with E-state index < -0.39 is 23.7 Å². The van der Waals surface area contributed by atoms with Crippen molar-refractivity contribution in [2.45, 2.75) is 32.0 Å². The quantitative estimate of drug-likeness (QED) is 0.680. The number of carbonyl (C=O) groups is 1. The SMILES string of the molecule is Cc1cnc(C(=O)NC(c2nc3cc(C(F)(F)F)ccc3n2C)C2CCCOC2)cn1. The highest BCUT2D eigenvalue weighted by Gasteiger charge is 2.33. The molecule has 3 aromatic rings. The molecule has 0 aliphatic carbocycles. The molecule has 1 N–H and O–H groups in total. The van der Waals surface area contributed by atoms with Gasteiger partial charge in [0.1, 0.15) is 11.5 Å². The summed E-state index contributed by atoms with van der Waals surface area (Å²) in [6, 6.07) is 2.91. The molecule has 7 nitrogen and oxygen atoms in total. The van der Waals surface area contributed by atoms with E-state index in [1.807, 2.05) is 0 Å². The molecule has 2 unspecified atom stereocenters. The number of hydrogen-bond donors (Lipinski definition) is 1. The van der Waals surface area contributed by atoms with Crippen molar-refractivity contribution in [2.24, 2.45) is 13.0 Å². The fourth-order valence-corrected chi connectivity index (χ4v) is 3.82. The lowest BCUT2D eigenvalue weighted by Gasteiger charge is -2.30. The van der Waals surface area contributed by atoms with Crippen LogP contribution in [0.2, 0.25) is 0 Å². The molecule has 0 spiro atoms. The van der Waals surface area contributed by atoms with Crippen LogP contribution in [0.4, 0.5) is 13.2 Å². The van der Waals surface area contributed by atoms with Gasteiger partial charge in [-0.15, -0.1) is 0 Å². The van der Waals surface area contributed by atoms with Gasteiger partial charge in [0.15, 0.2) is 0 Å². The first-order valence-corrected chi connectivity index (χ1v) is 9.95. The van der Waals surface area contributed by atoms with Crippen molar-refractivity contribution in [3.63, 3.8) is 0 Å². The van der Waals surface area contributed by atoms with Crippen LogP contribution < -0.4 is 5.32 Å². The Kier molecular flexibility index (Phi) is 5.65. The number of ether oxygens (including phenoxy) is 1. The molecule has 3 heterocycles. The molecule has 1 fully saturated rings. The highest BCUT2D eigenvalue weighted by molar-refractivity contribution is 5.92. The van der Waals surface area contributed by atoms with E-state index in [9.17, 15) is 18.0 Å². The van der Waals surface area contributed by atoms with Crippen LogP contribution in [0.15, 0.2) is 30.6 Å². The maximum atomic E-state index is 13.1. The van der Waals surface area contributed by atoms with Crippen LogP contribution in [0.3, 0.4) is 0 Å². The third kappa shape index (κ3) is 4.39. The number of fused-ring (bicyclic) bond motifs is 1. The van der Waals surface area contributed by atoms with E-state index >= 15 is 0 Å². The van der Waals surface area contributed by atoms with Crippen molar-refractivity contribution < 1.29 is 22.7 Å². The van der Waals surface area contributed by atoms with Crippen molar-refractivity contribution in [2.75, 3.05) is 13.2 Å². The van der Waals surface area contributed by atoms with Crippen LogP contribution in [0.1, 0.15) is 46.5 Å². The third-order valence-electron chi connectivity index (χ3n) is 5.49. The molecular formula is C21H22F3N5O2. The van der Waals surface area contributed by atoms with Crippen molar-refractivity contribution >= 4 is 16.9 Å². The molecule has 0 bridgehead atoms. The summed E-state index contributed by atoms with van der Waals surface area (Å²) in [5.74, 6) is -0.0296. The molecule has 0 saturated carbocycles. The van der Waals surface area contributed by atoms with Crippen LogP contribution in [0.5, 0.6) is 0 Å². The molecule has 1 saturated heterocycles. The second-order valence-electron chi connectivity index (χ2n) is 7.70. The zero-order valence-electron chi connectivity index (χ0n) is 17.1. The number of imidazole rings is 1. The maximum absolute atomic E-state index is 13.1. The molecule has 4 rings (SSSR count). The van der Waals surface area contributed by atoms with Gasteiger partial charge in [-0.1, -0.05) is 0 Å². The molecule has 2 atom stereocenters. The number of carbonyl (C=O) groups excluding carboxylic acids is 1. The number of amides is 1. The number of halogens is 3. The van der Waals surface area contributed by atoms with Gasteiger partial charge >= 0.3 is 6.18 Å². The lowest BCUT2D eigenvalue weighted by Crippen LogP contribution is -2.38. The van der Waals surface area contributed by atoms with E-state index in [2.05, 4.69) is 20.3 Å². The first-order chi connectivity index (χ1) is 14.7. The molecule has 2 aromatic heterocycles. The summed E-state index contributed by atoms with van der Waals surface area (Å²) in [6.07, 6.45) is 0.0525. The molecule has 1 aromatic carbocycles. The van der Waals surface area contributed by atoms with Crippen LogP contribution in [-0.2, 0) is 18.0 Å². The van der Waals surface area contributed by atoms with Gasteiger partial charge in [0.25, 0.3) is 5.91 Å². The van der Waals surface area contributed by atoms with E-state index in [-0.39, 0.29) is 17.1 Å². The average molecular weight is 433 g/mol. The predicted molar refractivity (Wildman–Crippen MR) is 106 cm³/mol. The summed E-state index contributed by atoms with van der Waals surface area (Å²) in [7, 11) is 1.73. The molecule has 1 amide bonds. The van der Waals surface area contributed by atoms with E-state index in [1.54, 1.807) is 18.5 Å². The van der Waals surface area contributed by atoms with Crippen LogP contribution in [0, 0.1) is 12.8 Å². The van der Waals surface area contributed by atoms with Gasteiger partial charge < -0.3 is 14.6 Å². The Hall–Kier alpha value is -3.01. The monoisotopic (exact) mass is 433 g/mol. The van der Waals surface area contributed by atoms with E-state index in [4.69, 9.17) is 4.74 Å². The zero-order chi connectivity index (χ0) is 22.2. The second kappa shape index (κ2) is 8.26. The molecule has 1 aliphatic heterocycles. The van der Waals surface area contributed by atoms with E-state index in [1.165, 1.54) is 18.5 Å². The van der Waals surface area contributed by atoms with Crippen molar-refractivity contribution in [1.82, 2.24) is 24.8 Å². The number of benzene rings is 1. The molecule has 10 heteroatoms.